The van der Waals surface area contributed by atoms with E-state index >= 15 is 0 Å². The number of carbonyl (C=O) groups is 3. The van der Waals surface area contributed by atoms with E-state index in [4.69, 9.17) is 0 Å². The van der Waals surface area contributed by atoms with E-state index in [2.05, 4.69) is 16.0 Å². The lowest BCUT2D eigenvalue weighted by molar-refractivity contribution is -0.131. The van der Waals surface area contributed by atoms with Crippen LogP contribution in [0, 0.1) is 5.92 Å². The molecule has 1 fully saturated rings. The van der Waals surface area contributed by atoms with Gasteiger partial charge in [0.1, 0.15) is 6.04 Å². The summed E-state index contributed by atoms with van der Waals surface area (Å²) in [6, 6.07) is -0.535. The van der Waals surface area contributed by atoms with Crippen molar-refractivity contribution >= 4 is 17.7 Å². The first kappa shape index (κ1) is 17.5. The minimum Gasteiger partial charge on any atom is -0.350 e. The van der Waals surface area contributed by atoms with Crippen LogP contribution in [0.5, 0.6) is 0 Å². The molecule has 21 heavy (non-hydrogen) atoms. The summed E-state index contributed by atoms with van der Waals surface area (Å²) in [4.78, 5) is 35.2. The zero-order chi connectivity index (χ0) is 16.0. The first-order valence-corrected chi connectivity index (χ1v) is 7.55. The maximum absolute atomic E-state index is 12.2. The summed E-state index contributed by atoms with van der Waals surface area (Å²) < 4.78 is 0. The highest BCUT2D eigenvalue weighted by Gasteiger charge is 2.31. The van der Waals surface area contributed by atoms with E-state index in [-0.39, 0.29) is 35.7 Å². The summed E-state index contributed by atoms with van der Waals surface area (Å²) in [5.41, 5.74) is -0.329. The number of rotatable bonds is 5. The number of nitrogens with one attached hydrogen (secondary N) is 3. The number of amides is 3. The second-order valence-corrected chi connectivity index (χ2v) is 6.74. The predicted octanol–water partition coefficient (Wildman–Crippen LogP) is 0.712. The predicted molar refractivity (Wildman–Crippen MR) is 80.5 cm³/mol. The standard InChI is InChI=1S/C15H27N3O3/c1-10(19)17-13(11-7-5-6-8-11)14(21)16-9-12(20)18-15(2,3)4/h11,13H,5-9H2,1-4H3,(H,16,21)(H,17,19)(H,18,20). The SMILES string of the molecule is CC(=O)NC(C(=O)NCC(=O)NC(C)(C)C)C1CCCC1. The van der Waals surface area contributed by atoms with Crippen molar-refractivity contribution in [3.8, 4) is 0 Å². The van der Waals surface area contributed by atoms with E-state index in [9.17, 15) is 14.4 Å². The summed E-state index contributed by atoms with van der Waals surface area (Å²) in [7, 11) is 0. The van der Waals surface area contributed by atoms with E-state index in [1.807, 2.05) is 20.8 Å². The van der Waals surface area contributed by atoms with Crippen LogP contribution in [0.25, 0.3) is 0 Å². The van der Waals surface area contributed by atoms with Crippen LogP contribution in [-0.2, 0) is 14.4 Å². The summed E-state index contributed by atoms with van der Waals surface area (Å²) >= 11 is 0. The van der Waals surface area contributed by atoms with Gasteiger partial charge in [-0.3, -0.25) is 14.4 Å². The third kappa shape index (κ3) is 6.60. The molecule has 0 heterocycles. The highest BCUT2D eigenvalue weighted by Crippen LogP contribution is 2.27. The molecule has 1 unspecified atom stereocenters. The minimum atomic E-state index is -0.535. The fourth-order valence-corrected chi connectivity index (χ4v) is 2.65. The van der Waals surface area contributed by atoms with Crippen molar-refractivity contribution in [1.82, 2.24) is 16.0 Å². The molecule has 3 N–H and O–H groups in total. The molecule has 1 atom stereocenters. The van der Waals surface area contributed by atoms with Crippen LogP contribution in [0.2, 0.25) is 0 Å². The van der Waals surface area contributed by atoms with Crippen LogP contribution in [0.15, 0.2) is 0 Å². The van der Waals surface area contributed by atoms with Crippen molar-refractivity contribution in [2.24, 2.45) is 5.92 Å². The fourth-order valence-electron chi connectivity index (χ4n) is 2.65. The average molecular weight is 297 g/mol. The molecular weight excluding hydrogens is 270 g/mol. The monoisotopic (exact) mass is 297 g/mol. The summed E-state index contributed by atoms with van der Waals surface area (Å²) in [6.07, 6.45) is 4.04. The highest BCUT2D eigenvalue weighted by atomic mass is 16.2. The third-order valence-corrected chi connectivity index (χ3v) is 3.45. The van der Waals surface area contributed by atoms with Crippen LogP contribution >= 0.6 is 0 Å². The molecule has 0 bridgehead atoms. The van der Waals surface area contributed by atoms with Gasteiger partial charge in [-0.05, 0) is 39.5 Å². The van der Waals surface area contributed by atoms with Gasteiger partial charge in [0.2, 0.25) is 17.7 Å². The number of carbonyl (C=O) groups excluding carboxylic acids is 3. The van der Waals surface area contributed by atoms with Gasteiger partial charge < -0.3 is 16.0 Å². The molecule has 0 saturated heterocycles. The highest BCUT2D eigenvalue weighted by molar-refractivity contribution is 5.90. The summed E-state index contributed by atoms with van der Waals surface area (Å²) in [5.74, 6) is -0.564. The molecule has 6 heteroatoms. The van der Waals surface area contributed by atoms with Crippen molar-refractivity contribution in [2.45, 2.75) is 65.0 Å². The third-order valence-electron chi connectivity index (χ3n) is 3.45. The second kappa shape index (κ2) is 7.43. The van der Waals surface area contributed by atoms with Gasteiger partial charge in [0.15, 0.2) is 0 Å². The maximum atomic E-state index is 12.2. The Balaban J connectivity index is 2.52. The van der Waals surface area contributed by atoms with Gasteiger partial charge in [0.25, 0.3) is 0 Å². The number of hydrogen-bond acceptors (Lipinski definition) is 3. The fraction of sp³-hybridized carbons (Fsp3) is 0.800. The second-order valence-electron chi connectivity index (χ2n) is 6.74. The molecule has 0 aromatic heterocycles. The molecule has 1 aliphatic carbocycles. The van der Waals surface area contributed by atoms with Crippen LogP contribution < -0.4 is 16.0 Å². The number of hydrogen-bond donors (Lipinski definition) is 3. The Labute approximate surface area is 126 Å². The smallest absolute Gasteiger partial charge is 0.243 e. The van der Waals surface area contributed by atoms with Gasteiger partial charge in [-0.25, -0.2) is 0 Å². The quantitative estimate of drug-likeness (QED) is 0.698. The van der Waals surface area contributed by atoms with Gasteiger partial charge in [-0.1, -0.05) is 12.8 Å². The van der Waals surface area contributed by atoms with Gasteiger partial charge in [-0.2, -0.15) is 0 Å². The van der Waals surface area contributed by atoms with Crippen LogP contribution in [0.4, 0.5) is 0 Å². The van der Waals surface area contributed by atoms with Crippen LogP contribution in [-0.4, -0.2) is 35.8 Å². The molecule has 0 aliphatic heterocycles. The molecule has 0 radical (unpaired) electrons. The van der Waals surface area contributed by atoms with Crippen molar-refractivity contribution < 1.29 is 14.4 Å². The van der Waals surface area contributed by atoms with Crippen LogP contribution in [0.3, 0.4) is 0 Å². The molecule has 0 aromatic carbocycles. The Morgan fingerprint density at radius 3 is 2.19 bits per heavy atom. The van der Waals surface area contributed by atoms with Crippen molar-refractivity contribution in [3.63, 3.8) is 0 Å². The lowest BCUT2D eigenvalue weighted by Crippen LogP contribution is -2.52. The van der Waals surface area contributed by atoms with Gasteiger partial charge in [0.05, 0.1) is 6.54 Å². The Morgan fingerprint density at radius 2 is 1.71 bits per heavy atom. The first-order valence-electron chi connectivity index (χ1n) is 7.55. The Hall–Kier alpha value is -1.59. The summed E-state index contributed by atoms with van der Waals surface area (Å²) in [6.45, 7) is 6.97. The van der Waals surface area contributed by atoms with E-state index in [1.54, 1.807) is 0 Å². The lowest BCUT2D eigenvalue weighted by atomic mass is 9.97. The molecule has 6 nitrogen and oxygen atoms in total. The molecule has 120 valence electrons. The molecular formula is C15H27N3O3. The van der Waals surface area contributed by atoms with Crippen molar-refractivity contribution in [3.05, 3.63) is 0 Å². The molecule has 0 spiro atoms. The zero-order valence-corrected chi connectivity index (χ0v) is 13.4. The first-order chi connectivity index (χ1) is 9.69. The van der Waals surface area contributed by atoms with E-state index in [0.29, 0.717) is 0 Å². The minimum absolute atomic E-state index is 0.0705. The lowest BCUT2D eigenvalue weighted by Gasteiger charge is -2.24. The van der Waals surface area contributed by atoms with Gasteiger partial charge >= 0.3 is 0 Å². The Morgan fingerprint density at radius 1 is 1.14 bits per heavy atom. The summed E-state index contributed by atoms with van der Waals surface area (Å²) in [5, 5.41) is 8.12. The van der Waals surface area contributed by atoms with E-state index in [1.165, 1.54) is 6.92 Å². The Bertz CT molecular complexity index is 395. The molecule has 1 aliphatic rings. The molecule has 1 rings (SSSR count). The van der Waals surface area contributed by atoms with Crippen molar-refractivity contribution in [1.29, 1.82) is 0 Å². The zero-order valence-electron chi connectivity index (χ0n) is 13.4. The van der Waals surface area contributed by atoms with Crippen LogP contribution in [0.1, 0.15) is 53.4 Å². The maximum Gasteiger partial charge on any atom is 0.243 e. The average Bonchev–Trinajstić information content (AvgIpc) is 2.84. The van der Waals surface area contributed by atoms with E-state index in [0.717, 1.165) is 25.7 Å². The topological polar surface area (TPSA) is 87.3 Å². The van der Waals surface area contributed by atoms with Gasteiger partial charge in [0, 0.05) is 12.5 Å². The van der Waals surface area contributed by atoms with Crippen molar-refractivity contribution in [2.75, 3.05) is 6.54 Å². The van der Waals surface area contributed by atoms with E-state index < -0.39 is 6.04 Å². The largest absolute Gasteiger partial charge is 0.350 e. The molecule has 1 saturated carbocycles. The Kier molecular flexibility index (Phi) is 6.18. The molecule has 3 amide bonds. The molecule has 0 aromatic rings. The van der Waals surface area contributed by atoms with Gasteiger partial charge in [-0.15, -0.1) is 0 Å². The normalized spacial score (nSPS) is 17.1.